The van der Waals surface area contributed by atoms with E-state index in [-0.39, 0.29) is 6.04 Å². The Morgan fingerprint density at radius 3 is 2.68 bits per heavy atom. The summed E-state index contributed by atoms with van der Waals surface area (Å²) >= 11 is 1.53. The maximum Gasteiger partial charge on any atom is 0.405 e. The summed E-state index contributed by atoms with van der Waals surface area (Å²) in [4.78, 5) is 16.0. The molecular formula is C15H16N2O4S. The number of aromatic nitrogens is 1. The van der Waals surface area contributed by atoms with Crippen LogP contribution in [0.3, 0.4) is 0 Å². The first-order valence-electron chi connectivity index (χ1n) is 6.91. The third-order valence-electron chi connectivity index (χ3n) is 3.45. The van der Waals surface area contributed by atoms with E-state index >= 15 is 0 Å². The van der Waals surface area contributed by atoms with E-state index in [2.05, 4.69) is 10.3 Å². The molecule has 0 saturated carbocycles. The van der Waals surface area contributed by atoms with Crippen molar-refractivity contribution >= 4 is 17.4 Å². The summed E-state index contributed by atoms with van der Waals surface area (Å²) < 4.78 is 11.0. The van der Waals surface area contributed by atoms with Crippen LogP contribution < -0.4 is 5.32 Å². The Balaban J connectivity index is 1.81. The minimum absolute atomic E-state index is 0.256. The molecular weight excluding hydrogens is 304 g/mol. The van der Waals surface area contributed by atoms with Crippen LogP contribution in [0.1, 0.15) is 30.5 Å². The summed E-state index contributed by atoms with van der Waals surface area (Å²) in [5.41, 5.74) is 4.50. The lowest BCUT2D eigenvalue weighted by Gasteiger charge is -2.13. The summed E-state index contributed by atoms with van der Waals surface area (Å²) in [6.45, 7) is 2.97. The Hall–Kier alpha value is -1.96. The normalized spacial score (nSPS) is 16.6. The third kappa shape index (κ3) is 3.11. The van der Waals surface area contributed by atoms with Crippen molar-refractivity contribution < 1.29 is 19.4 Å². The van der Waals surface area contributed by atoms with Gasteiger partial charge in [0.05, 0.1) is 29.6 Å². The minimum atomic E-state index is -1.03. The Labute approximate surface area is 131 Å². The van der Waals surface area contributed by atoms with Gasteiger partial charge in [-0.3, -0.25) is 0 Å². The van der Waals surface area contributed by atoms with Gasteiger partial charge in [0.15, 0.2) is 0 Å². The van der Waals surface area contributed by atoms with Crippen LogP contribution in [0.15, 0.2) is 29.8 Å². The molecule has 1 saturated heterocycles. The van der Waals surface area contributed by atoms with E-state index in [0.717, 1.165) is 21.7 Å². The highest BCUT2D eigenvalue weighted by molar-refractivity contribution is 7.13. The molecule has 2 N–H and O–H groups in total. The van der Waals surface area contributed by atoms with Gasteiger partial charge in [-0.25, -0.2) is 9.78 Å². The highest BCUT2D eigenvalue weighted by atomic mass is 32.1. The Bertz CT molecular complexity index is 650. The van der Waals surface area contributed by atoms with Crippen LogP contribution >= 0.6 is 11.3 Å². The molecule has 1 aromatic heterocycles. The van der Waals surface area contributed by atoms with Gasteiger partial charge < -0.3 is 19.9 Å². The summed E-state index contributed by atoms with van der Waals surface area (Å²) in [7, 11) is 0. The van der Waals surface area contributed by atoms with E-state index in [4.69, 9.17) is 14.6 Å². The van der Waals surface area contributed by atoms with Gasteiger partial charge in [-0.2, -0.15) is 0 Å². The van der Waals surface area contributed by atoms with Crippen molar-refractivity contribution in [1.29, 1.82) is 0 Å². The number of hydrogen-bond acceptors (Lipinski definition) is 5. The molecule has 0 bridgehead atoms. The van der Waals surface area contributed by atoms with E-state index in [0.29, 0.717) is 13.2 Å². The topological polar surface area (TPSA) is 80.7 Å². The monoisotopic (exact) mass is 320 g/mol. The highest BCUT2D eigenvalue weighted by Crippen LogP contribution is 2.35. The van der Waals surface area contributed by atoms with E-state index < -0.39 is 12.4 Å². The molecule has 6 nitrogen and oxygen atoms in total. The lowest BCUT2D eigenvalue weighted by atomic mass is 10.0. The van der Waals surface area contributed by atoms with Gasteiger partial charge in [0, 0.05) is 0 Å². The van der Waals surface area contributed by atoms with E-state index in [1.165, 1.54) is 11.3 Å². The van der Waals surface area contributed by atoms with Crippen LogP contribution in [0.25, 0.3) is 10.4 Å². The number of nitrogens with zero attached hydrogens (tertiary/aromatic N) is 1. The van der Waals surface area contributed by atoms with Crippen molar-refractivity contribution in [2.45, 2.75) is 19.3 Å². The van der Waals surface area contributed by atoms with Crippen LogP contribution in [-0.4, -0.2) is 29.4 Å². The van der Waals surface area contributed by atoms with Crippen LogP contribution in [0, 0.1) is 0 Å². The predicted octanol–water partition coefficient (Wildman–Crippen LogP) is 3.18. The molecule has 3 rings (SSSR count). The predicted molar refractivity (Wildman–Crippen MR) is 81.8 cm³/mol. The van der Waals surface area contributed by atoms with Crippen molar-refractivity contribution in [2.24, 2.45) is 0 Å². The van der Waals surface area contributed by atoms with Gasteiger partial charge in [0.1, 0.15) is 5.69 Å². The standard InChI is InChI=1S/C15H16N2O4S/c1-9(17-15(18)19)10-2-4-11(5-3-10)13-12(16-8-22-13)14-20-6-7-21-14/h2-5,8-9,14,17H,6-7H2,1H3,(H,18,19)/t9-/m0/s1. The molecule has 1 amide bonds. The first kappa shape index (κ1) is 15.0. The first-order valence-corrected chi connectivity index (χ1v) is 7.79. The Kier molecular flexibility index (Phi) is 4.37. The molecule has 7 heteroatoms. The van der Waals surface area contributed by atoms with E-state index in [9.17, 15) is 4.79 Å². The van der Waals surface area contributed by atoms with Crippen molar-refractivity contribution in [3.63, 3.8) is 0 Å². The summed E-state index contributed by atoms with van der Waals surface area (Å²) in [6, 6.07) is 7.49. The van der Waals surface area contributed by atoms with E-state index in [1.807, 2.05) is 31.2 Å². The largest absolute Gasteiger partial charge is 0.465 e. The fraction of sp³-hybridized carbons (Fsp3) is 0.333. The SMILES string of the molecule is C[C@H](NC(=O)O)c1ccc(-c2scnc2C2OCCO2)cc1. The maximum absolute atomic E-state index is 10.7. The molecule has 0 unspecified atom stereocenters. The van der Waals surface area contributed by atoms with Gasteiger partial charge in [-0.05, 0) is 18.1 Å². The number of ether oxygens (including phenoxy) is 2. The summed E-state index contributed by atoms with van der Waals surface area (Å²) in [6.07, 6.45) is -1.43. The van der Waals surface area contributed by atoms with Gasteiger partial charge in [-0.15, -0.1) is 11.3 Å². The van der Waals surface area contributed by atoms with Gasteiger partial charge in [0.2, 0.25) is 6.29 Å². The number of amides is 1. The molecule has 0 spiro atoms. The molecule has 0 aliphatic carbocycles. The second kappa shape index (κ2) is 6.43. The molecule has 116 valence electrons. The smallest absolute Gasteiger partial charge is 0.405 e. The Morgan fingerprint density at radius 1 is 1.36 bits per heavy atom. The second-order valence-electron chi connectivity index (χ2n) is 4.93. The molecule has 22 heavy (non-hydrogen) atoms. The van der Waals surface area contributed by atoms with Crippen molar-refractivity contribution in [2.75, 3.05) is 13.2 Å². The van der Waals surface area contributed by atoms with Gasteiger partial charge >= 0.3 is 6.09 Å². The third-order valence-corrected chi connectivity index (χ3v) is 4.34. The number of hydrogen-bond donors (Lipinski definition) is 2. The van der Waals surface area contributed by atoms with Crippen LogP contribution in [0.5, 0.6) is 0 Å². The van der Waals surface area contributed by atoms with Gasteiger partial charge in [0.25, 0.3) is 0 Å². The summed E-state index contributed by atoms with van der Waals surface area (Å²) in [5.74, 6) is 0. The highest BCUT2D eigenvalue weighted by Gasteiger charge is 2.24. The second-order valence-corrected chi connectivity index (χ2v) is 5.79. The first-order chi connectivity index (χ1) is 10.6. The molecule has 1 aliphatic heterocycles. The zero-order valence-corrected chi connectivity index (χ0v) is 12.8. The molecule has 1 atom stereocenters. The lowest BCUT2D eigenvalue weighted by Crippen LogP contribution is -2.24. The fourth-order valence-corrected chi connectivity index (χ4v) is 3.16. The molecule has 1 aromatic carbocycles. The number of carbonyl (C=O) groups is 1. The molecule has 1 fully saturated rings. The maximum atomic E-state index is 10.7. The number of rotatable bonds is 4. The lowest BCUT2D eigenvalue weighted by molar-refractivity contribution is -0.0464. The number of thiazole rings is 1. The number of carboxylic acid groups (broad SMARTS) is 1. The average molecular weight is 320 g/mol. The minimum Gasteiger partial charge on any atom is -0.465 e. The fourth-order valence-electron chi connectivity index (χ4n) is 2.35. The van der Waals surface area contributed by atoms with Crippen LogP contribution in [0.4, 0.5) is 4.79 Å². The van der Waals surface area contributed by atoms with E-state index in [1.54, 1.807) is 5.51 Å². The van der Waals surface area contributed by atoms with Crippen LogP contribution in [-0.2, 0) is 9.47 Å². The van der Waals surface area contributed by atoms with Gasteiger partial charge in [-0.1, -0.05) is 24.3 Å². The molecule has 0 radical (unpaired) electrons. The molecule has 2 aromatic rings. The average Bonchev–Trinajstić information content (AvgIpc) is 3.17. The summed E-state index contributed by atoms with van der Waals surface area (Å²) in [5, 5.41) is 11.2. The van der Waals surface area contributed by atoms with Crippen molar-refractivity contribution in [3.05, 3.63) is 41.0 Å². The number of nitrogens with one attached hydrogen (secondary N) is 1. The zero-order valence-electron chi connectivity index (χ0n) is 12.0. The molecule has 1 aliphatic rings. The Morgan fingerprint density at radius 2 is 2.05 bits per heavy atom. The zero-order chi connectivity index (χ0) is 15.5. The van der Waals surface area contributed by atoms with Crippen molar-refractivity contribution in [1.82, 2.24) is 10.3 Å². The quantitative estimate of drug-likeness (QED) is 0.904. The number of benzene rings is 1. The van der Waals surface area contributed by atoms with Crippen LogP contribution in [0.2, 0.25) is 0 Å². The van der Waals surface area contributed by atoms with Crippen molar-refractivity contribution in [3.8, 4) is 10.4 Å². The molecule has 2 heterocycles.